The highest BCUT2D eigenvalue weighted by Crippen LogP contribution is 2.24. The van der Waals surface area contributed by atoms with Gasteiger partial charge in [0.2, 0.25) is 0 Å². The van der Waals surface area contributed by atoms with Gasteiger partial charge in [-0.25, -0.2) is 8.78 Å². The molecule has 0 aromatic heterocycles. The van der Waals surface area contributed by atoms with Crippen LogP contribution in [0.15, 0.2) is 42.5 Å². The Morgan fingerprint density at radius 1 is 1.04 bits per heavy atom. The van der Waals surface area contributed by atoms with E-state index < -0.39 is 17.2 Å². The van der Waals surface area contributed by atoms with Crippen molar-refractivity contribution in [1.82, 2.24) is 5.32 Å². The van der Waals surface area contributed by atoms with Crippen molar-refractivity contribution in [3.8, 4) is 0 Å². The third kappa shape index (κ3) is 4.63. The molecular formula is C20H23F2NO2. The molecule has 2 aromatic carbocycles. The molecule has 1 amide bonds. The number of aliphatic hydroxyl groups is 1. The Morgan fingerprint density at radius 2 is 1.64 bits per heavy atom. The predicted molar refractivity (Wildman–Crippen MR) is 93.4 cm³/mol. The summed E-state index contributed by atoms with van der Waals surface area (Å²) in [5.74, 6) is -1.95. The largest absolute Gasteiger partial charge is 0.383 e. The standard InChI is InChI=1S/C20H23F2NO2/c1-19(2,3)14-7-5-13(6-8-14)18(24)23-12-20(4,25)16-10-9-15(21)11-17(16)22/h5-11,25H,12H2,1-4H3,(H,23,24). The summed E-state index contributed by atoms with van der Waals surface area (Å²) < 4.78 is 26.8. The molecule has 0 fully saturated rings. The van der Waals surface area contributed by atoms with Crippen LogP contribution in [0.2, 0.25) is 0 Å². The Bertz CT molecular complexity index is 762. The van der Waals surface area contributed by atoms with Gasteiger partial charge < -0.3 is 10.4 Å². The van der Waals surface area contributed by atoms with Gasteiger partial charge in [-0.05, 0) is 36.1 Å². The molecule has 0 saturated heterocycles. The highest BCUT2D eigenvalue weighted by Gasteiger charge is 2.27. The molecule has 0 aliphatic heterocycles. The zero-order chi connectivity index (χ0) is 18.8. The van der Waals surface area contributed by atoms with Gasteiger partial charge in [0.15, 0.2) is 0 Å². The maximum absolute atomic E-state index is 13.8. The fourth-order valence-electron chi connectivity index (χ4n) is 2.50. The molecule has 1 unspecified atom stereocenters. The van der Waals surface area contributed by atoms with E-state index in [-0.39, 0.29) is 23.4 Å². The second kappa shape index (κ2) is 6.92. The number of hydrogen-bond donors (Lipinski definition) is 2. The van der Waals surface area contributed by atoms with Crippen molar-refractivity contribution in [2.24, 2.45) is 0 Å². The first-order chi connectivity index (χ1) is 11.5. The molecule has 3 nitrogen and oxygen atoms in total. The second-order valence-corrected chi connectivity index (χ2v) is 7.41. The normalized spacial score (nSPS) is 14.0. The van der Waals surface area contributed by atoms with Crippen LogP contribution in [-0.4, -0.2) is 17.6 Å². The fraction of sp³-hybridized carbons (Fsp3) is 0.350. The van der Waals surface area contributed by atoms with Gasteiger partial charge in [-0.3, -0.25) is 4.79 Å². The molecule has 0 spiro atoms. The number of amides is 1. The third-order valence-corrected chi connectivity index (χ3v) is 4.12. The van der Waals surface area contributed by atoms with Crippen LogP contribution in [-0.2, 0) is 11.0 Å². The van der Waals surface area contributed by atoms with E-state index >= 15 is 0 Å². The van der Waals surface area contributed by atoms with Crippen molar-refractivity contribution < 1.29 is 18.7 Å². The molecule has 0 bridgehead atoms. The van der Waals surface area contributed by atoms with E-state index in [1.165, 1.54) is 13.0 Å². The molecule has 2 rings (SSSR count). The lowest BCUT2D eigenvalue weighted by molar-refractivity contribution is 0.0494. The fourth-order valence-corrected chi connectivity index (χ4v) is 2.50. The Morgan fingerprint density at radius 3 is 2.16 bits per heavy atom. The molecule has 0 aliphatic rings. The Hall–Kier alpha value is -2.27. The Kier molecular flexibility index (Phi) is 5.28. The first-order valence-corrected chi connectivity index (χ1v) is 8.07. The van der Waals surface area contributed by atoms with E-state index in [2.05, 4.69) is 26.1 Å². The van der Waals surface area contributed by atoms with Gasteiger partial charge in [-0.1, -0.05) is 39.0 Å². The summed E-state index contributed by atoms with van der Waals surface area (Å²) in [5, 5.41) is 13.0. The van der Waals surface area contributed by atoms with Gasteiger partial charge in [0.05, 0.1) is 6.54 Å². The van der Waals surface area contributed by atoms with Gasteiger partial charge in [0.1, 0.15) is 17.2 Å². The van der Waals surface area contributed by atoms with Gasteiger partial charge >= 0.3 is 0 Å². The number of rotatable bonds is 4. The van der Waals surface area contributed by atoms with Crippen LogP contribution in [0.3, 0.4) is 0 Å². The number of benzene rings is 2. The molecule has 5 heteroatoms. The van der Waals surface area contributed by atoms with Crippen LogP contribution in [0.25, 0.3) is 0 Å². The molecule has 2 N–H and O–H groups in total. The van der Waals surface area contributed by atoms with Crippen LogP contribution < -0.4 is 5.32 Å². The number of carbonyl (C=O) groups excluding carboxylic acids is 1. The van der Waals surface area contributed by atoms with E-state index in [0.717, 1.165) is 11.6 Å². The summed E-state index contributed by atoms with van der Waals surface area (Å²) in [6.07, 6.45) is 0. The number of halogens is 2. The van der Waals surface area contributed by atoms with Gasteiger partial charge in [0, 0.05) is 17.2 Å². The van der Waals surface area contributed by atoms with Crippen molar-refractivity contribution in [3.63, 3.8) is 0 Å². The SMILES string of the molecule is CC(C)(C)c1ccc(C(=O)NCC(C)(O)c2ccc(F)cc2F)cc1. The number of nitrogens with one attached hydrogen (secondary N) is 1. The summed E-state index contributed by atoms with van der Waals surface area (Å²) in [4.78, 5) is 12.2. The van der Waals surface area contributed by atoms with Crippen LogP contribution in [0.5, 0.6) is 0 Å². The minimum atomic E-state index is -1.65. The van der Waals surface area contributed by atoms with Crippen LogP contribution in [0.1, 0.15) is 49.2 Å². The minimum Gasteiger partial charge on any atom is -0.383 e. The molecule has 134 valence electrons. The van der Waals surface area contributed by atoms with E-state index in [9.17, 15) is 18.7 Å². The maximum Gasteiger partial charge on any atom is 0.251 e. The maximum atomic E-state index is 13.8. The van der Waals surface area contributed by atoms with Crippen molar-refractivity contribution in [2.75, 3.05) is 6.54 Å². The first-order valence-electron chi connectivity index (χ1n) is 8.07. The van der Waals surface area contributed by atoms with Crippen LogP contribution >= 0.6 is 0 Å². The van der Waals surface area contributed by atoms with Crippen molar-refractivity contribution >= 4 is 5.91 Å². The molecule has 0 radical (unpaired) electrons. The van der Waals surface area contributed by atoms with Gasteiger partial charge in [-0.2, -0.15) is 0 Å². The highest BCUT2D eigenvalue weighted by molar-refractivity contribution is 5.94. The quantitative estimate of drug-likeness (QED) is 0.881. The lowest BCUT2D eigenvalue weighted by atomic mass is 9.86. The zero-order valence-corrected chi connectivity index (χ0v) is 14.9. The lowest BCUT2D eigenvalue weighted by Gasteiger charge is -2.25. The molecular weight excluding hydrogens is 324 g/mol. The summed E-state index contributed by atoms with van der Waals surface area (Å²) in [6, 6.07) is 10.1. The lowest BCUT2D eigenvalue weighted by Crippen LogP contribution is -2.39. The zero-order valence-electron chi connectivity index (χ0n) is 14.9. The van der Waals surface area contributed by atoms with E-state index in [0.29, 0.717) is 11.6 Å². The first kappa shape index (κ1) is 19.1. The smallest absolute Gasteiger partial charge is 0.251 e. The van der Waals surface area contributed by atoms with Crippen LogP contribution in [0.4, 0.5) is 8.78 Å². The van der Waals surface area contributed by atoms with Gasteiger partial charge in [0.25, 0.3) is 5.91 Å². The number of hydrogen-bond acceptors (Lipinski definition) is 2. The molecule has 0 saturated carbocycles. The summed E-state index contributed by atoms with van der Waals surface area (Å²) in [6.45, 7) is 7.41. The summed E-state index contributed by atoms with van der Waals surface area (Å²) in [7, 11) is 0. The van der Waals surface area contributed by atoms with Crippen LogP contribution in [0, 0.1) is 11.6 Å². The van der Waals surface area contributed by atoms with Crippen molar-refractivity contribution in [3.05, 3.63) is 70.8 Å². The van der Waals surface area contributed by atoms with Crippen molar-refractivity contribution in [2.45, 2.75) is 38.7 Å². The summed E-state index contributed by atoms with van der Waals surface area (Å²) >= 11 is 0. The molecule has 2 aromatic rings. The van der Waals surface area contributed by atoms with E-state index in [4.69, 9.17) is 0 Å². The Balaban J connectivity index is 2.08. The van der Waals surface area contributed by atoms with E-state index in [1.807, 2.05) is 12.1 Å². The monoisotopic (exact) mass is 347 g/mol. The molecule has 25 heavy (non-hydrogen) atoms. The third-order valence-electron chi connectivity index (χ3n) is 4.12. The minimum absolute atomic E-state index is 0.0151. The predicted octanol–water partition coefficient (Wildman–Crippen LogP) is 3.90. The summed E-state index contributed by atoms with van der Waals surface area (Å²) in [5.41, 5.74) is -0.192. The topological polar surface area (TPSA) is 49.3 Å². The Labute approximate surface area is 146 Å². The average molecular weight is 347 g/mol. The van der Waals surface area contributed by atoms with Crippen molar-refractivity contribution in [1.29, 1.82) is 0 Å². The second-order valence-electron chi connectivity index (χ2n) is 7.41. The average Bonchev–Trinajstić information content (AvgIpc) is 2.51. The molecule has 0 heterocycles. The molecule has 0 aliphatic carbocycles. The van der Waals surface area contributed by atoms with E-state index in [1.54, 1.807) is 12.1 Å². The highest BCUT2D eigenvalue weighted by atomic mass is 19.1. The number of carbonyl (C=O) groups is 1. The van der Waals surface area contributed by atoms with Gasteiger partial charge in [-0.15, -0.1) is 0 Å². The molecule has 1 atom stereocenters.